The zero-order valence-corrected chi connectivity index (χ0v) is 16.4. The third kappa shape index (κ3) is 4.57. The van der Waals surface area contributed by atoms with E-state index in [1.165, 1.54) is 18.4 Å². The van der Waals surface area contributed by atoms with Gasteiger partial charge in [0.25, 0.3) is 0 Å². The number of carbonyl (C=O) groups is 1. The number of nitrogens with zero attached hydrogens (tertiary/aromatic N) is 3. The average molecular weight is 403 g/mol. The zero-order valence-electron chi connectivity index (χ0n) is 14.7. The van der Waals surface area contributed by atoms with Crippen LogP contribution in [0.1, 0.15) is 11.6 Å². The molecule has 1 N–H and O–H groups in total. The number of amides is 1. The predicted molar refractivity (Wildman–Crippen MR) is 106 cm³/mol. The van der Waals surface area contributed by atoms with Gasteiger partial charge in [0.05, 0.1) is 6.26 Å². The number of rotatable bonds is 6. The lowest BCUT2D eigenvalue weighted by atomic mass is 10.1. The van der Waals surface area contributed by atoms with Gasteiger partial charge in [-0.3, -0.25) is 10.1 Å². The molecule has 1 aromatic heterocycles. The highest BCUT2D eigenvalue weighted by Gasteiger charge is 2.31. The van der Waals surface area contributed by atoms with Gasteiger partial charge in [-0.25, -0.2) is 8.42 Å². The van der Waals surface area contributed by atoms with Crippen LogP contribution in [0, 0.1) is 0 Å². The summed E-state index contributed by atoms with van der Waals surface area (Å²) in [7, 11) is -2.21. The van der Waals surface area contributed by atoms with Crippen molar-refractivity contribution in [3.8, 4) is 10.6 Å². The minimum absolute atomic E-state index is 0.307. The summed E-state index contributed by atoms with van der Waals surface area (Å²) in [5, 5.41) is 11.7. The molecule has 1 atom stereocenters. The van der Waals surface area contributed by atoms with Crippen LogP contribution in [0.5, 0.6) is 0 Å². The summed E-state index contributed by atoms with van der Waals surface area (Å²) in [4.78, 5) is 12.9. The van der Waals surface area contributed by atoms with E-state index in [-0.39, 0.29) is 0 Å². The van der Waals surface area contributed by atoms with Crippen molar-refractivity contribution in [3.63, 3.8) is 0 Å². The largest absolute Gasteiger partial charge is 0.299 e. The summed E-state index contributed by atoms with van der Waals surface area (Å²) in [6.07, 6.45) is 1.06. The van der Waals surface area contributed by atoms with Gasteiger partial charge in [-0.2, -0.15) is 4.31 Å². The molecule has 27 heavy (non-hydrogen) atoms. The van der Waals surface area contributed by atoms with Gasteiger partial charge in [0.2, 0.25) is 21.1 Å². The number of likely N-dealkylation sites (N-methyl/N-ethyl adjacent to an activating group) is 1. The molecule has 0 saturated heterocycles. The van der Waals surface area contributed by atoms with Crippen molar-refractivity contribution >= 4 is 32.4 Å². The number of hydrogen-bond donors (Lipinski definition) is 1. The van der Waals surface area contributed by atoms with E-state index in [9.17, 15) is 13.2 Å². The van der Waals surface area contributed by atoms with E-state index in [1.807, 2.05) is 30.3 Å². The Labute approximate surface area is 161 Å². The second kappa shape index (κ2) is 7.95. The highest BCUT2D eigenvalue weighted by Crippen LogP contribution is 2.28. The molecular weight excluding hydrogens is 384 g/mol. The maximum atomic E-state index is 12.9. The van der Waals surface area contributed by atoms with E-state index in [1.54, 1.807) is 30.3 Å². The molecule has 2 aromatic carbocycles. The van der Waals surface area contributed by atoms with E-state index in [0.717, 1.165) is 16.1 Å². The highest BCUT2D eigenvalue weighted by molar-refractivity contribution is 7.88. The van der Waals surface area contributed by atoms with Crippen LogP contribution < -0.4 is 5.32 Å². The Morgan fingerprint density at radius 3 is 2.22 bits per heavy atom. The number of sulfonamides is 1. The molecule has 0 fully saturated rings. The standard InChI is InChI=1S/C18H18N4O3S2/c1-22(27(2,24)25)15(13-9-5-3-6-10-13)16(23)19-18-21-20-17(26-18)14-11-7-4-8-12-14/h3-12,15H,1-2H3,(H,19,21,23)/t15-/m1/s1. The number of aromatic nitrogens is 2. The molecule has 3 rings (SSSR count). The van der Waals surface area contributed by atoms with Gasteiger partial charge in [0, 0.05) is 12.6 Å². The minimum Gasteiger partial charge on any atom is -0.299 e. The van der Waals surface area contributed by atoms with Crippen molar-refractivity contribution in [2.45, 2.75) is 6.04 Å². The molecule has 1 amide bonds. The summed E-state index contributed by atoms with van der Waals surface area (Å²) in [6, 6.07) is 17.2. The van der Waals surface area contributed by atoms with Gasteiger partial charge in [0.15, 0.2) is 0 Å². The molecule has 7 nitrogen and oxygen atoms in total. The van der Waals surface area contributed by atoms with Crippen LogP contribution in [0.25, 0.3) is 10.6 Å². The molecule has 3 aromatic rings. The fraction of sp³-hybridized carbons (Fsp3) is 0.167. The minimum atomic E-state index is -3.59. The van der Waals surface area contributed by atoms with Crippen LogP contribution in [-0.4, -0.2) is 42.1 Å². The van der Waals surface area contributed by atoms with E-state index in [2.05, 4.69) is 15.5 Å². The normalized spacial score (nSPS) is 12.7. The molecule has 0 saturated carbocycles. The van der Waals surface area contributed by atoms with Crippen LogP contribution in [0.2, 0.25) is 0 Å². The molecule has 0 aliphatic carbocycles. The molecular formula is C18H18N4O3S2. The highest BCUT2D eigenvalue weighted by atomic mass is 32.2. The molecule has 0 bridgehead atoms. The van der Waals surface area contributed by atoms with Crippen LogP contribution in [0.15, 0.2) is 60.7 Å². The van der Waals surface area contributed by atoms with Gasteiger partial charge < -0.3 is 0 Å². The lowest BCUT2D eigenvalue weighted by Gasteiger charge is -2.25. The van der Waals surface area contributed by atoms with Crippen LogP contribution in [0.4, 0.5) is 5.13 Å². The van der Waals surface area contributed by atoms with E-state index < -0.39 is 22.0 Å². The Kier molecular flexibility index (Phi) is 5.64. The van der Waals surface area contributed by atoms with Crippen molar-refractivity contribution in [2.24, 2.45) is 0 Å². The molecule has 0 unspecified atom stereocenters. The van der Waals surface area contributed by atoms with Crippen molar-refractivity contribution in [2.75, 3.05) is 18.6 Å². The molecule has 0 aliphatic heterocycles. The third-order valence-corrected chi connectivity index (χ3v) is 6.07. The Balaban J connectivity index is 1.86. The summed E-state index contributed by atoms with van der Waals surface area (Å²) >= 11 is 1.22. The van der Waals surface area contributed by atoms with Crippen LogP contribution in [0.3, 0.4) is 0 Å². The Morgan fingerprint density at radius 1 is 1.04 bits per heavy atom. The van der Waals surface area contributed by atoms with E-state index in [4.69, 9.17) is 0 Å². The third-order valence-electron chi connectivity index (χ3n) is 3.93. The van der Waals surface area contributed by atoms with Crippen molar-refractivity contribution in [3.05, 3.63) is 66.2 Å². The predicted octanol–water partition coefficient (Wildman–Crippen LogP) is 2.78. The lowest BCUT2D eigenvalue weighted by molar-refractivity contribution is -0.119. The maximum Gasteiger partial charge on any atom is 0.249 e. The number of benzene rings is 2. The number of hydrogen-bond acceptors (Lipinski definition) is 6. The molecule has 0 spiro atoms. The SMILES string of the molecule is CN([C@@H](C(=O)Nc1nnc(-c2ccccc2)s1)c1ccccc1)S(C)(=O)=O. The van der Waals surface area contributed by atoms with Crippen molar-refractivity contribution < 1.29 is 13.2 Å². The average Bonchev–Trinajstić information content (AvgIpc) is 3.11. The first-order chi connectivity index (χ1) is 12.9. The monoisotopic (exact) mass is 402 g/mol. The summed E-state index contributed by atoms with van der Waals surface area (Å²) in [6.45, 7) is 0. The molecule has 0 radical (unpaired) electrons. The number of nitrogens with one attached hydrogen (secondary N) is 1. The molecule has 140 valence electrons. The first kappa shape index (κ1) is 19.2. The first-order valence-electron chi connectivity index (χ1n) is 8.04. The molecule has 1 heterocycles. The maximum absolute atomic E-state index is 12.9. The second-order valence-corrected chi connectivity index (χ2v) is 8.88. The quantitative estimate of drug-likeness (QED) is 0.684. The first-order valence-corrected chi connectivity index (χ1v) is 10.7. The number of carbonyl (C=O) groups excluding carboxylic acids is 1. The Bertz CT molecular complexity index is 1020. The van der Waals surface area contributed by atoms with Gasteiger partial charge >= 0.3 is 0 Å². The van der Waals surface area contributed by atoms with Gasteiger partial charge in [-0.1, -0.05) is 72.0 Å². The Hall–Kier alpha value is -2.62. The van der Waals surface area contributed by atoms with E-state index >= 15 is 0 Å². The van der Waals surface area contributed by atoms with Gasteiger partial charge in [-0.15, -0.1) is 10.2 Å². The zero-order chi connectivity index (χ0) is 19.4. The van der Waals surface area contributed by atoms with Crippen molar-refractivity contribution in [1.82, 2.24) is 14.5 Å². The Morgan fingerprint density at radius 2 is 1.63 bits per heavy atom. The topological polar surface area (TPSA) is 92.3 Å². The van der Waals surface area contributed by atoms with Crippen molar-refractivity contribution in [1.29, 1.82) is 0 Å². The second-order valence-electron chi connectivity index (χ2n) is 5.86. The molecule has 0 aliphatic rings. The fourth-order valence-electron chi connectivity index (χ4n) is 2.50. The van der Waals surface area contributed by atoms with E-state index in [0.29, 0.717) is 15.7 Å². The molecule has 9 heteroatoms. The van der Waals surface area contributed by atoms with Crippen LogP contribution in [-0.2, 0) is 14.8 Å². The summed E-state index contributed by atoms with van der Waals surface area (Å²) in [5.74, 6) is -0.495. The van der Waals surface area contributed by atoms with Crippen LogP contribution >= 0.6 is 11.3 Å². The van der Waals surface area contributed by atoms with Gasteiger partial charge in [0.1, 0.15) is 11.0 Å². The smallest absolute Gasteiger partial charge is 0.249 e. The summed E-state index contributed by atoms with van der Waals surface area (Å²) < 4.78 is 25.1. The van der Waals surface area contributed by atoms with Gasteiger partial charge in [-0.05, 0) is 5.56 Å². The lowest BCUT2D eigenvalue weighted by Crippen LogP contribution is -2.38. The fourth-order valence-corrected chi connectivity index (χ4v) is 3.85. The summed E-state index contributed by atoms with van der Waals surface area (Å²) in [5.41, 5.74) is 1.46. The number of anilines is 1.